The summed E-state index contributed by atoms with van der Waals surface area (Å²) < 4.78 is 0. The van der Waals surface area contributed by atoms with Crippen molar-refractivity contribution in [1.29, 1.82) is 0 Å². The van der Waals surface area contributed by atoms with Crippen molar-refractivity contribution < 1.29 is 4.79 Å². The number of nitrogens with one attached hydrogen (secondary N) is 2. The SMILES string of the molecule is Cc1ccc(/C=C/NC(=O)Nc2cc(C)cc(C)c2)cc1. The molecule has 0 spiro atoms. The molecule has 0 aromatic heterocycles. The highest BCUT2D eigenvalue weighted by atomic mass is 16.2. The summed E-state index contributed by atoms with van der Waals surface area (Å²) in [6.07, 6.45) is 3.50. The van der Waals surface area contributed by atoms with Gasteiger partial charge in [0.15, 0.2) is 0 Å². The lowest BCUT2D eigenvalue weighted by atomic mass is 10.1. The number of carbonyl (C=O) groups excluding carboxylic acids is 1. The molecule has 0 aliphatic heterocycles. The Bertz CT molecular complexity index is 637. The van der Waals surface area contributed by atoms with Crippen molar-refractivity contribution in [3.63, 3.8) is 0 Å². The molecule has 0 aliphatic rings. The van der Waals surface area contributed by atoms with Crippen LogP contribution in [0.1, 0.15) is 22.3 Å². The van der Waals surface area contributed by atoms with Crippen LogP contribution in [0.2, 0.25) is 0 Å². The molecular formula is C18H20N2O. The Labute approximate surface area is 125 Å². The van der Waals surface area contributed by atoms with Crippen molar-refractivity contribution in [3.05, 3.63) is 70.9 Å². The standard InChI is InChI=1S/C18H20N2O/c1-13-4-6-16(7-5-13)8-9-19-18(21)20-17-11-14(2)10-15(3)12-17/h4-12H,1-3H3,(H2,19,20,21)/b9-8+. The largest absolute Gasteiger partial charge is 0.323 e. The summed E-state index contributed by atoms with van der Waals surface area (Å²) in [6, 6.07) is 13.8. The van der Waals surface area contributed by atoms with Gasteiger partial charge in [0.1, 0.15) is 0 Å². The van der Waals surface area contributed by atoms with Gasteiger partial charge in [0, 0.05) is 11.9 Å². The monoisotopic (exact) mass is 280 g/mol. The molecule has 0 fully saturated rings. The number of anilines is 1. The van der Waals surface area contributed by atoms with E-state index in [-0.39, 0.29) is 6.03 Å². The van der Waals surface area contributed by atoms with Crippen LogP contribution in [0.5, 0.6) is 0 Å². The van der Waals surface area contributed by atoms with E-state index < -0.39 is 0 Å². The van der Waals surface area contributed by atoms with Gasteiger partial charge in [0.2, 0.25) is 0 Å². The molecule has 2 aromatic rings. The van der Waals surface area contributed by atoms with Crippen molar-refractivity contribution in [2.24, 2.45) is 0 Å². The molecule has 2 aromatic carbocycles. The quantitative estimate of drug-likeness (QED) is 0.859. The zero-order chi connectivity index (χ0) is 15.2. The van der Waals surface area contributed by atoms with Gasteiger partial charge in [-0.25, -0.2) is 4.79 Å². The third-order valence-corrected chi connectivity index (χ3v) is 3.05. The molecule has 0 saturated heterocycles. The molecule has 2 N–H and O–H groups in total. The van der Waals surface area contributed by atoms with Crippen LogP contribution in [0.25, 0.3) is 6.08 Å². The summed E-state index contributed by atoms with van der Waals surface area (Å²) in [5, 5.41) is 5.52. The van der Waals surface area contributed by atoms with Crippen LogP contribution in [0.15, 0.2) is 48.7 Å². The van der Waals surface area contributed by atoms with Crippen LogP contribution in [0, 0.1) is 20.8 Å². The number of aryl methyl sites for hydroxylation is 3. The van der Waals surface area contributed by atoms with Crippen LogP contribution in [0.3, 0.4) is 0 Å². The molecule has 0 radical (unpaired) electrons. The second-order valence-electron chi connectivity index (χ2n) is 5.22. The van der Waals surface area contributed by atoms with E-state index in [1.54, 1.807) is 6.20 Å². The van der Waals surface area contributed by atoms with Gasteiger partial charge in [-0.15, -0.1) is 0 Å². The predicted molar refractivity (Wildman–Crippen MR) is 88.3 cm³/mol. The lowest BCUT2D eigenvalue weighted by Gasteiger charge is -2.07. The maximum absolute atomic E-state index is 11.8. The Kier molecular flexibility index (Phi) is 4.77. The van der Waals surface area contributed by atoms with E-state index >= 15 is 0 Å². The smallest absolute Gasteiger partial charge is 0.314 e. The zero-order valence-corrected chi connectivity index (χ0v) is 12.6. The minimum Gasteiger partial charge on any atom is -0.314 e. The number of hydrogen-bond donors (Lipinski definition) is 2. The van der Waals surface area contributed by atoms with Gasteiger partial charge >= 0.3 is 6.03 Å². The first-order valence-corrected chi connectivity index (χ1v) is 6.92. The second kappa shape index (κ2) is 6.75. The summed E-state index contributed by atoms with van der Waals surface area (Å²) in [7, 11) is 0. The van der Waals surface area contributed by atoms with Crippen LogP contribution in [0.4, 0.5) is 10.5 Å². The molecule has 3 heteroatoms. The molecule has 0 heterocycles. The molecule has 0 unspecified atom stereocenters. The summed E-state index contributed by atoms with van der Waals surface area (Å²) in [5.41, 5.74) is 5.31. The fourth-order valence-electron chi connectivity index (χ4n) is 2.11. The Hall–Kier alpha value is -2.55. The molecular weight excluding hydrogens is 260 g/mol. The fourth-order valence-corrected chi connectivity index (χ4v) is 2.11. The second-order valence-corrected chi connectivity index (χ2v) is 5.22. The minimum absolute atomic E-state index is 0.247. The molecule has 108 valence electrons. The topological polar surface area (TPSA) is 41.1 Å². The third-order valence-electron chi connectivity index (χ3n) is 3.05. The van der Waals surface area contributed by atoms with E-state index in [9.17, 15) is 4.79 Å². The summed E-state index contributed by atoms with van der Waals surface area (Å²) in [5.74, 6) is 0. The number of benzene rings is 2. The van der Waals surface area contributed by atoms with Crippen molar-refractivity contribution in [2.45, 2.75) is 20.8 Å². The molecule has 0 aliphatic carbocycles. The average Bonchev–Trinajstić information content (AvgIpc) is 2.39. The van der Waals surface area contributed by atoms with Crippen molar-refractivity contribution in [2.75, 3.05) is 5.32 Å². The number of amides is 2. The highest BCUT2D eigenvalue weighted by molar-refractivity contribution is 5.90. The summed E-state index contributed by atoms with van der Waals surface area (Å²) in [4.78, 5) is 11.8. The molecule has 21 heavy (non-hydrogen) atoms. The van der Waals surface area contributed by atoms with Crippen molar-refractivity contribution in [1.82, 2.24) is 5.32 Å². The van der Waals surface area contributed by atoms with E-state index in [0.717, 1.165) is 22.4 Å². The van der Waals surface area contributed by atoms with Gasteiger partial charge in [-0.1, -0.05) is 35.9 Å². The lowest BCUT2D eigenvalue weighted by molar-refractivity contribution is 0.255. The Morgan fingerprint density at radius 3 is 2.14 bits per heavy atom. The average molecular weight is 280 g/mol. The highest BCUT2D eigenvalue weighted by Crippen LogP contribution is 2.13. The van der Waals surface area contributed by atoms with Gasteiger partial charge < -0.3 is 10.6 Å². The normalized spacial score (nSPS) is 10.6. The molecule has 2 rings (SSSR count). The van der Waals surface area contributed by atoms with Crippen LogP contribution < -0.4 is 10.6 Å². The number of rotatable bonds is 3. The highest BCUT2D eigenvalue weighted by Gasteiger charge is 2.00. The Morgan fingerprint density at radius 2 is 1.52 bits per heavy atom. The Balaban J connectivity index is 1.91. The lowest BCUT2D eigenvalue weighted by Crippen LogP contribution is -2.23. The number of hydrogen-bond acceptors (Lipinski definition) is 1. The fraction of sp³-hybridized carbons (Fsp3) is 0.167. The van der Waals surface area contributed by atoms with Gasteiger partial charge in [0.25, 0.3) is 0 Å². The van der Waals surface area contributed by atoms with Crippen LogP contribution in [-0.2, 0) is 0 Å². The van der Waals surface area contributed by atoms with Gasteiger partial charge in [0.05, 0.1) is 0 Å². The summed E-state index contributed by atoms with van der Waals surface area (Å²) in [6.45, 7) is 6.06. The van der Waals surface area contributed by atoms with E-state index in [2.05, 4.69) is 16.7 Å². The molecule has 0 bridgehead atoms. The zero-order valence-electron chi connectivity index (χ0n) is 12.6. The Morgan fingerprint density at radius 1 is 0.905 bits per heavy atom. The van der Waals surface area contributed by atoms with Gasteiger partial charge in [-0.05, 0) is 55.7 Å². The molecule has 3 nitrogen and oxygen atoms in total. The third kappa shape index (κ3) is 4.80. The van der Waals surface area contributed by atoms with Crippen LogP contribution in [-0.4, -0.2) is 6.03 Å². The molecule has 2 amide bonds. The summed E-state index contributed by atoms with van der Waals surface area (Å²) >= 11 is 0. The van der Waals surface area contributed by atoms with Gasteiger partial charge in [-0.3, -0.25) is 0 Å². The van der Waals surface area contributed by atoms with E-state index in [1.807, 2.05) is 63.2 Å². The van der Waals surface area contributed by atoms with E-state index in [0.29, 0.717) is 0 Å². The molecule has 0 atom stereocenters. The van der Waals surface area contributed by atoms with E-state index in [4.69, 9.17) is 0 Å². The van der Waals surface area contributed by atoms with Gasteiger partial charge in [-0.2, -0.15) is 0 Å². The van der Waals surface area contributed by atoms with Crippen LogP contribution >= 0.6 is 0 Å². The number of carbonyl (C=O) groups is 1. The maximum atomic E-state index is 11.8. The minimum atomic E-state index is -0.247. The first-order chi connectivity index (χ1) is 10.0. The first-order valence-electron chi connectivity index (χ1n) is 6.92. The molecule has 0 saturated carbocycles. The van der Waals surface area contributed by atoms with E-state index in [1.165, 1.54) is 5.56 Å². The number of urea groups is 1. The maximum Gasteiger partial charge on any atom is 0.323 e. The first kappa shape index (κ1) is 14.9. The predicted octanol–water partition coefficient (Wildman–Crippen LogP) is 4.40. The van der Waals surface area contributed by atoms with Crippen molar-refractivity contribution >= 4 is 17.8 Å². The van der Waals surface area contributed by atoms with Crippen molar-refractivity contribution in [3.8, 4) is 0 Å².